The van der Waals surface area contributed by atoms with Gasteiger partial charge in [-0.3, -0.25) is 4.79 Å². The minimum absolute atomic E-state index is 0.103. The van der Waals surface area contributed by atoms with Gasteiger partial charge >= 0.3 is 12.1 Å². The van der Waals surface area contributed by atoms with E-state index >= 15 is 0 Å². The molecule has 11 heteroatoms. The van der Waals surface area contributed by atoms with Gasteiger partial charge in [-0.1, -0.05) is 0 Å². The smallest absolute Gasteiger partial charge is 0.410 e. The summed E-state index contributed by atoms with van der Waals surface area (Å²) in [6.07, 6.45) is 0.748. The predicted molar refractivity (Wildman–Crippen MR) is 117 cm³/mol. The average molecular weight is 483 g/mol. The topological polar surface area (TPSA) is 85.2 Å². The first-order valence-electron chi connectivity index (χ1n) is 11.3. The molecule has 0 aromatic carbocycles. The van der Waals surface area contributed by atoms with Crippen molar-refractivity contribution in [1.82, 2.24) is 9.78 Å². The maximum atomic E-state index is 13.7. The van der Waals surface area contributed by atoms with Gasteiger partial charge in [-0.05, 0) is 63.4 Å². The first kappa shape index (κ1) is 22.2. The van der Waals surface area contributed by atoms with E-state index in [-0.39, 0.29) is 36.5 Å². The standard InChI is InChI=1S/C22H25F3N4O3S/c1-2-32-21(31)18-12-5-3-4-6-15(12)33-20(18)27-19(30)14-10-17-26-13(11-7-8-11)9-16(22(23,24)25)29(17)28-14/h10-11,13,16,26H,2-9H2,1H3,(H,27,30). The predicted octanol–water partition coefficient (Wildman–Crippen LogP) is 4.95. The number of esters is 1. The second-order valence-electron chi connectivity index (χ2n) is 8.83. The second kappa shape index (κ2) is 8.34. The average Bonchev–Trinajstić information content (AvgIpc) is 3.41. The Labute approximate surface area is 192 Å². The molecule has 1 aliphatic heterocycles. The van der Waals surface area contributed by atoms with Gasteiger partial charge in [0.1, 0.15) is 10.8 Å². The molecule has 7 nitrogen and oxygen atoms in total. The van der Waals surface area contributed by atoms with Crippen LogP contribution in [0.2, 0.25) is 0 Å². The highest BCUT2D eigenvalue weighted by molar-refractivity contribution is 7.17. The summed E-state index contributed by atoms with van der Waals surface area (Å²) in [7, 11) is 0. The van der Waals surface area contributed by atoms with Gasteiger partial charge in [-0.2, -0.15) is 18.3 Å². The fourth-order valence-electron chi connectivity index (χ4n) is 4.76. The molecule has 2 aromatic heterocycles. The molecule has 1 saturated carbocycles. The Morgan fingerprint density at radius 2 is 2.06 bits per heavy atom. The van der Waals surface area contributed by atoms with Crippen LogP contribution in [0.15, 0.2) is 6.07 Å². The summed E-state index contributed by atoms with van der Waals surface area (Å²) in [5.41, 5.74) is 1.13. The number of amides is 1. The highest BCUT2D eigenvalue weighted by atomic mass is 32.1. The van der Waals surface area contributed by atoms with Crippen molar-refractivity contribution in [3.8, 4) is 0 Å². The number of alkyl halides is 3. The third-order valence-electron chi connectivity index (χ3n) is 6.52. The summed E-state index contributed by atoms with van der Waals surface area (Å²) < 4.78 is 47.3. The summed E-state index contributed by atoms with van der Waals surface area (Å²) in [5, 5.41) is 10.2. The molecule has 5 rings (SSSR count). The second-order valence-corrected chi connectivity index (χ2v) is 9.94. The highest BCUT2D eigenvalue weighted by Gasteiger charge is 2.49. The molecule has 2 aromatic rings. The number of anilines is 2. The molecule has 2 aliphatic carbocycles. The van der Waals surface area contributed by atoms with Gasteiger partial charge in [0.25, 0.3) is 5.91 Å². The summed E-state index contributed by atoms with van der Waals surface area (Å²) in [6, 6.07) is -0.693. The number of thiophene rings is 1. The van der Waals surface area contributed by atoms with Crippen molar-refractivity contribution in [3.63, 3.8) is 0 Å². The van der Waals surface area contributed by atoms with Crippen molar-refractivity contribution in [2.24, 2.45) is 5.92 Å². The van der Waals surface area contributed by atoms with Crippen LogP contribution >= 0.6 is 11.3 Å². The Hall–Kier alpha value is -2.56. The summed E-state index contributed by atoms with van der Waals surface area (Å²) in [6.45, 7) is 1.92. The number of aryl methyl sites for hydroxylation is 1. The fourth-order valence-corrected chi connectivity index (χ4v) is 6.03. The number of hydrogen-bond donors (Lipinski definition) is 2. The number of halogens is 3. The van der Waals surface area contributed by atoms with Gasteiger partial charge in [-0.15, -0.1) is 11.3 Å². The first-order valence-corrected chi connectivity index (χ1v) is 12.1. The van der Waals surface area contributed by atoms with Crippen LogP contribution in [-0.2, 0) is 17.6 Å². The third kappa shape index (κ3) is 4.22. The van der Waals surface area contributed by atoms with Gasteiger partial charge in [0.05, 0.1) is 12.2 Å². The molecule has 33 heavy (non-hydrogen) atoms. The number of fused-ring (bicyclic) bond motifs is 2. The zero-order valence-electron chi connectivity index (χ0n) is 18.1. The SMILES string of the molecule is CCOC(=O)c1c(NC(=O)c2cc3n(n2)C(C(F)(F)F)CC(C2CC2)N3)sc2c1CCCC2. The van der Waals surface area contributed by atoms with E-state index in [9.17, 15) is 22.8 Å². The lowest BCUT2D eigenvalue weighted by Gasteiger charge is -2.33. The lowest BCUT2D eigenvalue weighted by atomic mass is 9.95. The number of hydrogen-bond acceptors (Lipinski definition) is 6. The molecule has 3 heterocycles. The van der Waals surface area contributed by atoms with Crippen LogP contribution in [0.3, 0.4) is 0 Å². The van der Waals surface area contributed by atoms with Crippen LogP contribution in [0, 0.1) is 5.92 Å². The maximum Gasteiger partial charge on any atom is 0.410 e. The Balaban J connectivity index is 1.44. The summed E-state index contributed by atoms with van der Waals surface area (Å²) in [4.78, 5) is 26.7. The molecule has 178 valence electrons. The summed E-state index contributed by atoms with van der Waals surface area (Å²) in [5.74, 6) is -0.726. The number of ether oxygens (including phenoxy) is 1. The van der Waals surface area contributed by atoms with E-state index in [0.29, 0.717) is 10.6 Å². The minimum atomic E-state index is -4.46. The molecule has 3 aliphatic rings. The number of carbonyl (C=O) groups is 2. The molecule has 0 bridgehead atoms. The molecule has 2 N–H and O–H groups in total. The van der Waals surface area contributed by atoms with Crippen LogP contribution in [0.25, 0.3) is 0 Å². The normalized spacial score (nSPS) is 22.2. The number of carbonyl (C=O) groups excluding carboxylic acids is 2. The van der Waals surface area contributed by atoms with Crippen molar-refractivity contribution >= 4 is 34.0 Å². The summed E-state index contributed by atoms with van der Waals surface area (Å²) >= 11 is 1.33. The third-order valence-corrected chi connectivity index (χ3v) is 7.73. The van der Waals surface area contributed by atoms with Crippen molar-refractivity contribution in [1.29, 1.82) is 0 Å². The van der Waals surface area contributed by atoms with Gasteiger partial charge in [0.15, 0.2) is 11.7 Å². The van der Waals surface area contributed by atoms with E-state index in [1.54, 1.807) is 6.92 Å². The quantitative estimate of drug-likeness (QED) is 0.589. The van der Waals surface area contributed by atoms with E-state index in [4.69, 9.17) is 4.74 Å². The Kier molecular flexibility index (Phi) is 5.62. The van der Waals surface area contributed by atoms with Crippen molar-refractivity contribution in [3.05, 3.63) is 27.8 Å². The monoisotopic (exact) mass is 482 g/mol. The molecule has 2 atom stereocenters. The van der Waals surface area contributed by atoms with Crippen LogP contribution in [0.1, 0.15) is 76.4 Å². The number of nitrogens with one attached hydrogen (secondary N) is 2. The van der Waals surface area contributed by atoms with Crippen molar-refractivity contribution < 1.29 is 27.5 Å². The number of nitrogens with zero attached hydrogens (tertiary/aromatic N) is 2. The molecule has 2 unspecified atom stereocenters. The van der Waals surface area contributed by atoms with E-state index < -0.39 is 24.1 Å². The molecular formula is C22H25F3N4O3S. The van der Waals surface area contributed by atoms with Crippen molar-refractivity contribution in [2.75, 3.05) is 17.2 Å². The van der Waals surface area contributed by atoms with E-state index in [0.717, 1.165) is 53.6 Å². The van der Waals surface area contributed by atoms with Gasteiger partial charge < -0.3 is 15.4 Å². The van der Waals surface area contributed by atoms with E-state index in [2.05, 4.69) is 15.7 Å². The zero-order valence-corrected chi connectivity index (χ0v) is 18.9. The zero-order chi connectivity index (χ0) is 23.3. The first-order chi connectivity index (χ1) is 15.8. The van der Waals surface area contributed by atoms with Crippen LogP contribution in [0.5, 0.6) is 0 Å². The van der Waals surface area contributed by atoms with Crippen LogP contribution in [0.4, 0.5) is 24.0 Å². The highest BCUT2D eigenvalue weighted by Crippen LogP contribution is 2.46. The number of rotatable bonds is 5. The van der Waals surface area contributed by atoms with Crippen LogP contribution < -0.4 is 10.6 Å². The molecule has 1 amide bonds. The molecule has 0 spiro atoms. The van der Waals surface area contributed by atoms with E-state index in [1.807, 2.05) is 0 Å². The van der Waals surface area contributed by atoms with Gasteiger partial charge in [-0.25, -0.2) is 9.48 Å². The Morgan fingerprint density at radius 1 is 1.30 bits per heavy atom. The fraction of sp³-hybridized carbons (Fsp3) is 0.591. The largest absolute Gasteiger partial charge is 0.462 e. The lowest BCUT2D eigenvalue weighted by molar-refractivity contribution is -0.174. The van der Waals surface area contributed by atoms with Crippen molar-refractivity contribution in [2.45, 2.75) is 70.1 Å². The van der Waals surface area contributed by atoms with E-state index in [1.165, 1.54) is 17.4 Å². The lowest BCUT2D eigenvalue weighted by Crippen LogP contribution is -2.40. The molecule has 1 fully saturated rings. The van der Waals surface area contributed by atoms with Gasteiger partial charge in [0, 0.05) is 17.0 Å². The molecular weight excluding hydrogens is 457 g/mol. The maximum absolute atomic E-state index is 13.7. The van der Waals surface area contributed by atoms with Gasteiger partial charge in [0.2, 0.25) is 0 Å². The van der Waals surface area contributed by atoms with Crippen LogP contribution in [-0.4, -0.2) is 40.5 Å². The Bertz CT molecular complexity index is 1090. The Morgan fingerprint density at radius 3 is 2.76 bits per heavy atom. The molecule has 0 radical (unpaired) electrons. The molecule has 0 saturated heterocycles. The number of aromatic nitrogens is 2. The minimum Gasteiger partial charge on any atom is -0.462 e.